The first-order valence-electron chi connectivity index (χ1n) is 8.05. The molecule has 6 heteroatoms. The van der Waals surface area contributed by atoms with Crippen LogP contribution in [0.3, 0.4) is 0 Å². The lowest BCUT2D eigenvalue weighted by Crippen LogP contribution is -2.62. The molecule has 1 fully saturated rings. The molecule has 0 aromatic heterocycles. The van der Waals surface area contributed by atoms with Gasteiger partial charge < -0.3 is 14.4 Å². The number of halogens is 1. The normalized spacial score (nSPS) is 16.3. The fourth-order valence-electron chi connectivity index (χ4n) is 2.83. The summed E-state index contributed by atoms with van der Waals surface area (Å²) in [6.45, 7) is 8.55. The quantitative estimate of drug-likeness (QED) is 0.723. The van der Waals surface area contributed by atoms with E-state index in [4.69, 9.17) is 9.47 Å². The van der Waals surface area contributed by atoms with Gasteiger partial charge in [-0.05, 0) is 45.4 Å². The number of ether oxygens (including phenoxy) is 2. The molecule has 1 heterocycles. The number of nitrogens with zero attached hydrogens (tertiary/aromatic N) is 1. The predicted molar refractivity (Wildman–Crippen MR) is 94.9 cm³/mol. The molecule has 1 aromatic carbocycles. The van der Waals surface area contributed by atoms with Crippen molar-refractivity contribution in [1.82, 2.24) is 4.90 Å². The average Bonchev–Trinajstić information content (AvgIpc) is 2.41. The minimum absolute atomic E-state index is 0.246. The van der Waals surface area contributed by atoms with Crippen LogP contribution in [0.4, 0.5) is 4.79 Å². The van der Waals surface area contributed by atoms with Gasteiger partial charge in [-0.2, -0.15) is 0 Å². The Morgan fingerprint density at radius 3 is 2.29 bits per heavy atom. The molecular formula is C18H24BrNO4. The molecule has 0 radical (unpaired) electrons. The van der Waals surface area contributed by atoms with Crippen molar-refractivity contribution in [1.29, 1.82) is 0 Å². The molecule has 5 nitrogen and oxygen atoms in total. The maximum Gasteiger partial charge on any atom is 0.410 e. The standard InChI is InChI=1S/C18H24BrNO4/c1-5-23-15(21)10-18(13-6-8-14(19)9-7-13)11-20(12-18)16(22)24-17(2,3)4/h6-9H,5,10-12H2,1-4H3. The lowest BCUT2D eigenvalue weighted by atomic mass is 9.71. The maximum atomic E-state index is 12.2. The molecule has 0 saturated carbocycles. The van der Waals surface area contributed by atoms with E-state index >= 15 is 0 Å². The smallest absolute Gasteiger partial charge is 0.410 e. The van der Waals surface area contributed by atoms with E-state index in [0.717, 1.165) is 10.0 Å². The Bertz CT molecular complexity index is 600. The number of esters is 1. The van der Waals surface area contributed by atoms with Gasteiger partial charge in [0.05, 0.1) is 13.0 Å². The Labute approximate surface area is 151 Å². The van der Waals surface area contributed by atoms with Gasteiger partial charge in [0, 0.05) is 23.0 Å². The van der Waals surface area contributed by atoms with Gasteiger partial charge in [0.25, 0.3) is 0 Å². The van der Waals surface area contributed by atoms with Crippen molar-refractivity contribution < 1.29 is 19.1 Å². The number of carbonyl (C=O) groups excluding carboxylic acids is 2. The predicted octanol–water partition coefficient (Wildman–Crippen LogP) is 3.89. The van der Waals surface area contributed by atoms with Crippen LogP contribution in [0.5, 0.6) is 0 Å². The second-order valence-electron chi connectivity index (χ2n) is 7.11. The van der Waals surface area contributed by atoms with Gasteiger partial charge in [-0.25, -0.2) is 4.79 Å². The number of rotatable bonds is 4. The van der Waals surface area contributed by atoms with E-state index in [1.807, 2.05) is 45.0 Å². The molecule has 1 aliphatic rings. The minimum atomic E-state index is -0.534. The largest absolute Gasteiger partial charge is 0.466 e. The van der Waals surface area contributed by atoms with Crippen LogP contribution in [-0.2, 0) is 19.7 Å². The van der Waals surface area contributed by atoms with Crippen molar-refractivity contribution in [2.24, 2.45) is 0 Å². The SMILES string of the molecule is CCOC(=O)CC1(c2ccc(Br)cc2)CN(C(=O)OC(C)(C)C)C1. The highest BCUT2D eigenvalue weighted by Gasteiger charge is 2.49. The van der Waals surface area contributed by atoms with Crippen LogP contribution >= 0.6 is 15.9 Å². The summed E-state index contributed by atoms with van der Waals surface area (Å²) in [6, 6.07) is 7.85. The molecule has 1 saturated heterocycles. The zero-order valence-electron chi connectivity index (χ0n) is 14.6. The molecule has 1 amide bonds. The highest BCUT2D eigenvalue weighted by Crippen LogP contribution is 2.39. The highest BCUT2D eigenvalue weighted by molar-refractivity contribution is 9.10. The lowest BCUT2D eigenvalue weighted by molar-refractivity contribution is -0.146. The van der Waals surface area contributed by atoms with Gasteiger partial charge in [0.15, 0.2) is 0 Å². The zero-order valence-corrected chi connectivity index (χ0v) is 16.2. The lowest BCUT2D eigenvalue weighted by Gasteiger charge is -2.49. The molecule has 0 aliphatic carbocycles. The molecule has 132 valence electrons. The summed E-state index contributed by atoms with van der Waals surface area (Å²) in [5, 5.41) is 0. The summed E-state index contributed by atoms with van der Waals surface area (Å²) in [6.07, 6.45) is -0.0963. The Morgan fingerprint density at radius 1 is 1.21 bits per heavy atom. The minimum Gasteiger partial charge on any atom is -0.466 e. The average molecular weight is 398 g/mol. The first-order valence-corrected chi connectivity index (χ1v) is 8.84. The van der Waals surface area contributed by atoms with E-state index in [-0.39, 0.29) is 18.5 Å². The second-order valence-corrected chi connectivity index (χ2v) is 8.02. The third-order valence-corrected chi connectivity index (χ3v) is 4.41. The molecule has 2 rings (SSSR count). The second kappa shape index (κ2) is 7.13. The van der Waals surface area contributed by atoms with Crippen LogP contribution in [0.15, 0.2) is 28.7 Å². The summed E-state index contributed by atoms with van der Waals surface area (Å²) in [4.78, 5) is 25.9. The molecule has 24 heavy (non-hydrogen) atoms. The fourth-order valence-corrected chi connectivity index (χ4v) is 3.09. The van der Waals surface area contributed by atoms with Crippen LogP contribution in [0.2, 0.25) is 0 Å². The molecule has 0 atom stereocenters. The monoisotopic (exact) mass is 397 g/mol. The van der Waals surface area contributed by atoms with Gasteiger partial charge in [-0.3, -0.25) is 4.79 Å². The summed E-state index contributed by atoms with van der Waals surface area (Å²) in [7, 11) is 0. The Hall–Kier alpha value is -1.56. The van der Waals surface area contributed by atoms with Gasteiger partial charge in [0.1, 0.15) is 5.60 Å². The van der Waals surface area contributed by atoms with E-state index in [1.54, 1.807) is 11.8 Å². The molecule has 1 aromatic rings. The molecule has 0 spiro atoms. The van der Waals surface area contributed by atoms with Crippen LogP contribution < -0.4 is 0 Å². The molecule has 0 unspecified atom stereocenters. The van der Waals surface area contributed by atoms with Crippen molar-refractivity contribution in [2.45, 2.75) is 45.1 Å². The number of hydrogen-bond donors (Lipinski definition) is 0. The summed E-state index contributed by atoms with van der Waals surface area (Å²) < 4.78 is 11.5. The van der Waals surface area contributed by atoms with Gasteiger partial charge in [0.2, 0.25) is 0 Å². The summed E-state index contributed by atoms with van der Waals surface area (Å²) in [5.74, 6) is -0.246. The third-order valence-electron chi connectivity index (χ3n) is 3.88. The molecular weight excluding hydrogens is 374 g/mol. The topological polar surface area (TPSA) is 55.8 Å². The number of carbonyl (C=O) groups is 2. The van der Waals surface area contributed by atoms with Crippen molar-refractivity contribution in [3.8, 4) is 0 Å². The third kappa shape index (κ3) is 4.50. The van der Waals surface area contributed by atoms with Crippen LogP contribution in [0.25, 0.3) is 0 Å². The number of likely N-dealkylation sites (tertiary alicyclic amines) is 1. The van der Waals surface area contributed by atoms with Crippen molar-refractivity contribution >= 4 is 28.0 Å². The van der Waals surface area contributed by atoms with E-state index in [2.05, 4.69) is 15.9 Å². The summed E-state index contributed by atoms with van der Waals surface area (Å²) in [5.41, 5.74) is 0.0800. The number of hydrogen-bond acceptors (Lipinski definition) is 4. The first-order chi connectivity index (χ1) is 11.1. The van der Waals surface area contributed by atoms with Crippen molar-refractivity contribution in [3.05, 3.63) is 34.3 Å². The van der Waals surface area contributed by atoms with Crippen molar-refractivity contribution in [2.75, 3.05) is 19.7 Å². The van der Waals surface area contributed by atoms with E-state index in [1.165, 1.54) is 0 Å². The number of benzene rings is 1. The fraction of sp³-hybridized carbons (Fsp3) is 0.556. The summed E-state index contributed by atoms with van der Waals surface area (Å²) >= 11 is 3.42. The molecule has 0 bridgehead atoms. The zero-order chi connectivity index (χ0) is 18.0. The number of amides is 1. The Morgan fingerprint density at radius 2 is 1.79 bits per heavy atom. The maximum absolute atomic E-state index is 12.2. The van der Waals surface area contributed by atoms with Gasteiger partial charge in [-0.15, -0.1) is 0 Å². The van der Waals surface area contributed by atoms with Crippen molar-refractivity contribution in [3.63, 3.8) is 0 Å². The molecule has 0 N–H and O–H groups in total. The Balaban J connectivity index is 2.14. The van der Waals surface area contributed by atoms with Crippen LogP contribution in [0, 0.1) is 0 Å². The Kier molecular flexibility index (Phi) is 5.58. The first kappa shape index (κ1) is 18.8. The molecule has 1 aliphatic heterocycles. The van der Waals surface area contributed by atoms with Gasteiger partial charge >= 0.3 is 12.1 Å². The van der Waals surface area contributed by atoms with E-state index < -0.39 is 11.0 Å². The van der Waals surface area contributed by atoms with Crippen LogP contribution in [-0.4, -0.2) is 42.3 Å². The highest BCUT2D eigenvalue weighted by atomic mass is 79.9. The van der Waals surface area contributed by atoms with E-state index in [9.17, 15) is 9.59 Å². The van der Waals surface area contributed by atoms with Crippen LogP contribution in [0.1, 0.15) is 39.7 Å². The van der Waals surface area contributed by atoms with Gasteiger partial charge in [-0.1, -0.05) is 28.1 Å². The van der Waals surface area contributed by atoms with E-state index in [0.29, 0.717) is 19.7 Å².